The van der Waals surface area contributed by atoms with Crippen molar-refractivity contribution in [2.24, 2.45) is 10.7 Å². The molecule has 0 fully saturated rings. The molecule has 1 amide bonds. The average molecular weight is 363 g/mol. The number of unbranched alkanes of at least 4 members (excludes halogenated alkanes) is 3. The molecule has 0 aromatic heterocycles. The summed E-state index contributed by atoms with van der Waals surface area (Å²) in [6.07, 6.45) is 6.22. The highest BCUT2D eigenvalue weighted by atomic mass is 16.5. The molecule has 6 nitrogen and oxygen atoms in total. The first kappa shape index (κ1) is 21.8. The van der Waals surface area contributed by atoms with E-state index in [9.17, 15) is 4.79 Å². The zero-order chi connectivity index (χ0) is 19.2. The van der Waals surface area contributed by atoms with Crippen molar-refractivity contribution in [1.82, 2.24) is 10.6 Å². The Morgan fingerprint density at radius 3 is 2.77 bits per heavy atom. The van der Waals surface area contributed by atoms with Crippen molar-refractivity contribution < 1.29 is 9.53 Å². The topological polar surface area (TPSA) is 88.7 Å². The number of hydrogen-bond donors (Lipinski definition) is 3. The first-order valence-corrected chi connectivity index (χ1v) is 9.60. The fourth-order valence-electron chi connectivity index (χ4n) is 2.56. The average Bonchev–Trinajstić information content (AvgIpc) is 2.62. The third-order valence-electron chi connectivity index (χ3n) is 3.92. The Morgan fingerprint density at radius 2 is 2.08 bits per heavy atom. The SMILES string of the molecule is CCCCCCC(C)NC(=NCc1cccc(OCC(N)=O)c1)NCC. The zero-order valence-electron chi connectivity index (χ0n) is 16.4. The molecule has 0 spiro atoms. The van der Waals surface area contributed by atoms with Gasteiger partial charge in [0.2, 0.25) is 0 Å². The van der Waals surface area contributed by atoms with Crippen LogP contribution in [0.4, 0.5) is 0 Å². The van der Waals surface area contributed by atoms with Gasteiger partial charge in [0.1, 0.15) is 5.75 Å². The van der Waals surface area contributed by atoms with Crippen molar-refractivity contribution in [3.05, 3.63) is 29.8 Å². The molecule has 0 aliphatic rings. The number of carbonyl (C=O) groups is 1. The van der Waals surface area contributed by atoms with Crippen LogP contribution in [0.3, 0.4) is 0 Å². The molecule has 0 heterocycles. The van der Waals surface area contributed by atoms with E-state index < -0.39 is 5.91 Å². The maximum absolute atomic E-state index is 10.8. The lowest BCUT2D eigenvalue weighted by Crippen LogP contribution is -2.42. The van der Waals surface area contributed by atoms with Crippen LogP contribution in [-0.4, -0.2) is 31.1 Å². The molecule has 4 N–H and O–H groups in total. The van der Waals surface area contributed by atoms with Gasteiger partial charge in [-0.1, -0.05) is 44.7 Å². The molecule has 0 aliphatic carbocycles. The van der Waals surface area contributed by atoms with E-state index in [0.29, 0.717) is 18.3 Å². The van der Waals surface area contributed by atoms with Gasteiger partial charge in [0.25, 0.3) is 5.91 Å². The number of amides is 1. The van der Waals surface area contributed by atoms with Crippen molar-refractivity contribution in [3.8, 4) is 5.75 Å². The molecule has 26 heavy (non-hydrogen) atoms. The second-order valence-corrected chi connectivity index (χ2v) is 6.49. The highest BCUT2D eigenvalue weighted by molar-refractivity contribution is 5.80. The first-order chi connectivity index (χ1) is 12.5. The Kier molecular flexibility index (Phi) is 10.9. The number of ether oxygens (including phenoxy) is 1. The monoisotopic (exact) mass is 362 g/mol. The fourth-order valence-corrected chi connectivity index (χ4v) is 2.56. The Hall–Kier alpha value is -2.24. The van der Waals surface area contributed by atoms with Crippen LogP contribution < -0.4 is 21.1 Å². The maximum Gasteiger partial charge on any atom is 0.255 e. The predicted molar refractivity (Wildman–Crippen MR) is 107 cm³/mol. The van der Waals surface area contributed by atoms with Crippen molar-refractivity contribution in [3.63, 3.8) is 0 Å². The number of nitrogens with zero attached hydrogens (tertiary/aromatic N) is 1. The van der Waals surface area contributed by atoms with Gasteiger partial charge in [0.05, 0.1) is 6.54 Å². The summed E-state index contributed by atoms with van der Waals surface area (Å²) in [6.45, 7) is 7.71. The maximum atomic E-state index is 10.8. The minimum Gasteiger partial charge on any atom is -0.484 e. The normalized spacial score (nSPS) is 12.5. The van der Waals surface area contributed by atoms with Crippen molar-refractivity contribution >= 4 is 11.9 Å². The molecular formula is C20H34N4O2. The van der Waals surface area contributed by atoms with E-state index in [4.69, 9.17) is 10.5 Å². The van der Waals surface area contributed by atoms with Crippen LogP contribution >= 0.6 is 0 Å². The lowest BCUT2D eigenvalue weighted by molar-refractivity contribution is -0.119. The van der Waals surface area contributed by atoms with Crippen molar-refractivity contribution in [1.29, 1.82) is 0 Å². The van der Waals surface area contributed by atoms with E-state index in [1.807, 2.05) is 18.2 Å². The molecule has 0 radical (unpaired) electrons. The largest absolute Gasteiger partial charge is 0.484 e. The zero-order valence-corrected chi connectivity index (χ0v) is 16.4. The second-order valence-electron chi connectivity index (χ2n) is 6.49. The van der Waals surface area contributed by atoms with Gasteiger partial charge < -0.3 is 21.1 Å². The molecular weight excluding hydrogens is 328 g/mol. The van der Waals surface area contributed by atoms with Crippen molar-refractivity contribution in [2.45, 2.75) is 65.5 Å². The van der Waals surface area contributed by atoms with Crippen LogP contribution in [-0.2, 0) is 11.3 Å². The summed E-state index contributed by atoms with van der Waals surface area (Å²) in [7, 11) is 0. The van der Waals surface area contributed by atoms with Gasteiger partial charge >= 0.3 is 0 Å². The third kappa shape index (κ3) is 9.91. The molecule has 0 bridgehead atoms. The Morgan fingerprint density at radius 1 is 1.27 bits per heavy atom. The Labute approximate surface area is 157 Å². The number of nitrogens with two attached hydrogens (primary N) is 1. The van der Waals surface area contributed by atoms with Gasteiger partial charge in [-0.25, -0.2) is 4.99 Å². The van der Waals surface area contributed by atoms with Gasteiger partial charge in [-0.05, 0) is 38.0 Å². The summed E-state index contributed by atoms with van der Waals surface area (Å²) in [4.78, 5) is 15.5. The van der Waals surface area contributed by atoms with Gasteiger partial charge in [-0.3, -0.25) is 4.79 Å². The smallest absolute Gasteiger partial charge is 0.255 e. The molecule has 1 atom stereocenters. The van der Waals surface area contributed by atoms with E-state index in [-0.39, 0.29) is 6.61 Å². The molecule has 1 rings (SSSR count). The molecule has 146 valence electrons. The van der Waals surface area contributed by atoms with Gasteiger partial charge in [0, 0.05) is 12.6 Å². The summed E-state index contributed by atoms with van der Waals surface area (Å²) >= 11 is 0. The van der Waals surface area contributed by atoms with E-state index >= 15 is 0 Å². The minimum atomic E-state index is -0.486. The molecule has 0 saturated carbocycles. The summed E-state index contributed by atoms with van der Waals surface area (Å²) < 4.78 is 5.34. The molecule has 1 aromatic rings. The second kappa shape index (κ2) is 13.0. The number of carbonyl (C=O) groups excluding carboxylic acids is 1. The number of rotatable bonds is 12. The van der Waals surface area contributed by atoms with Crippen LogP contribution in [0.2, 0.25) is 0 Å². The van der Waals surface area contributed by atoms with Crippen LogP contribution in [0.1, 0.15) is 58.4 Å². The van der Waals surface area contributed by atoms with E-state index in [2.05, 4.69) is 36.4 Å². The van der Waals surface area contributed by atoms with E-state index in [1.165, 1.54) is 25.7 Å². The third-order valence-corrected chi connectivity index (χ3v) is 3.92. The molecule has 1 unspecified atom stereocenters. The van der Waals surface area contributed by atoms with Gasteiger partial charge in [0.15, 0.2) is 12.6 Å². The van der Waals surface area contributed by atoms with Crippen molar-refractivity contribution in [2.75, 3.05) is 13.2 Å². The van der Waals surface area contributed by atoms with Crippen LogP contribution in [0.5, 0.6) is 5.75 Å². The quantitative estimate of drug-likeness (QED) is 0.303. The van der Waals surface area contributed by atoms with Gasteiger partial charge in [-0.2, -0.15) is 0 Å². The Bertz CT molecular complexity index is 560. The summed E-state index contributed by atoms with van der Waals surface area (Å²) in [5.74, 6) is 0.956. The fraction of sp³-hybridized carbons (Fsp3) is 0.600. The highest BCUT2D eigenvalue weighted by Crippen LogP contribution is 2.14. The highest BCUT2D eigenvalue weighted by Gasteiger charge is 2.05. The van der Waals surface area contributed by atoms with Gasteiger partial charge in [-0.15, -0.1) is 0 Å². The summed E-state index contributed by atoms with van der Waals surface area (Å²) in [6, 6.07) is 7.94. The molecule has 0 aliphatic heterocycles. The van der Waals surface area contributed by atoms with E-state index in [0.717, 1.165) is 24.5 Å². The molecule has 1 aromatic carbocycles. The first-order valence-electron chi connectivity index (χ1n) is 9.60. The molecule has 0 saturated heterocycles. The molecule has 6 heteroatoms. The standard InChI is InChI=1S/C20H34N4O2/c1-4-6-7-8-10-16(3)24-20(22-5-2)23-14-17-11-9-12-18(13-17)26-15-19(21)25/h9,11-13,16H,4-8,10,14-15H2,1-3H3,(H2,21,25)(H2,22,23,24). The van der Waals surface area contributed by atoms with E-state index in [1.54, 1.807) is 6.07 Å². The number of nitrogens with one attached hydrogen (secondary N) is 2. The summed E-state index contributed by atoms with van der Waals surface area (Å²) in [5, 5.41) is 6.75. The lowest BCUT2D eigenvalue weighted by Gasteiger charge is -2.18. The number of primary amides is 1. The number of benzene rings is 1. The minimum absolute atomic E-state index is 0.119. The number of aliphatic imine (C=N–C) groups is 1. The van der Waals surface area contributed by atoms with Crippen LogP contribution in [0.25, 0.3) is 0 Å². The lowest BCUT2D eigenvalue weighted by atomic mass is 10.1. The Balaban J connectivity index is 2.56. The predicted octanol–water partition coefficient (Wildman–Crippen LogP) is 2.96. The van der Waals surface area contributed by atoms with Crippen LogP contribution in [0, 0.1) is 0 Å². The van der Waals surface area contributed by atoms with Crippen LogP contribution in [0.15, 0.2) is 29.3 Å². The number of hydrogen-bond acceptors (Lipinski definition) is 3. The number of guanidine groups is 1. The summed E-state index contributed by atoms with van der Waals surface area (Å²) in [5.41, 5.74) is 6.12.